The molecule has 3 heterocycles. The van der Waals surface area contributed by atoms with E-state index in [1.54, 1.807) is 18.5 Å². The Morgan fingerprint density at radius 2 is 1.85 bits per heavy atom. The van der Waals surface area contributed by atoms with Crippen molar-refractivity contribution in [3.63, 3.8) is 0 Å². The predicted molar refractivity (Wildman–Crippen MR) is 106 cm³/mol. The number of rotatable bonds is 4. The zero-order valence-corrected chi connectivity index (χ0v) is 15.5. The van der Waals surface area contributed by atoms with E-state index in [9.17, 15) is 4.39 Å². The number of pyridine rings is 1. The first-order valence-electron chi connectivity index (χ1n) is 9.00. The quantitative estimate of drug-likeness (QED) is 0.490. The molecule has 0 spiro atoms. The lowest BCUT2D eigenvalue weighted by atomic mass is 10.0. The van der Waals surface area contributed by atoms with Crippen molar-refractivity contribution in [1.82, 2.24) is 19.9 Å². The third-order valence-electron chi connectivity index (χ3n) is 4.56. The van der Waals surface area contributed by atoms with Crippen molar-refractivity contribution in [1.29, 1.82) is 0 Å². The molecule has 1 aromatic carbocycles. The summed E-state index contributed by atoms with van der Waals surface area (Å²) in [6, 6.07) is 12.9. The van der Waals surface area contributed by atoms with Crippen molar-refractivity contribution >= 4 is 0 Å². The average Bonchev–Trinajstić information content (AvgIpc) is 3.32. The average molecular weight is 360 g/mol. The lowest BCUT2D eigenvalue weighted by molar-refractivity contribution is 0.631. The number of hydrogen-bond donors (Lipinski definition) is 2. The lowest BCUT2D eigenvalue weighted by Crippen LogP contribution is -1.91. The first kappa shape index (κ1) is 17.2. The molecule has 4 rings (SSSR count). The second-order valence-electron chi connectivity index (χ2n) is 6.96. The minimum atomic E-state index is -0.256. The topological polar surface area (TPSA) is 57.4 Å². The summed E-state index contributed by atoms with van der Waals surface area (Å²) in [6.45, 7) is 6.14. The molecule has 2 N–H and O–H groups in total. The fourth-order valence-corrected chi connectivity index (χ4v) is 3.13. The van der Waals surface area contributed by atoms with Crippen molar-refractivity contribution in [2.75, 3.05) is 0 Å². The van der Waals surface area contributed by atoms with Gasteiger partial charge in [0.1, 0.15) is 11.6 Å². The third kappa shape index (κ3) is 3.28. The van der Waals surface area contributed by atoms with Crippen LogP contribution in [0.3, 0.4) is 0 Å². The Morgan fingerprint density at radius 1 is 1.00 bits per heavy atom. The minimum Gasteiger partial charge on any atom is -0.367 e. The van der Waals surface area contributed by atoms with E-state index in [4.69, 9.17) is 4.98 Å². The molecule has 0 aliphatic rings. The summed E-state index contributed by atoms with van der Waals surface area (Å²) in [5.41, 5.74) is 5.62. The van der Waals surface area contributed by atoms with E-state index in [-0.39, 0.29) is 11.7 Å². The molecule has 0 bridgehead atoms. The molecule has 0 aliphatic heterocycles. The van der Waals surface area contributed by atoms with Gasteiger partial charge in [0.15, 0.2) is 0 Å². The molecule has 136 valence electrons. The zero-order chi connectivity index (χ0) is 19.0. The largest absolute Gasteiger partial charge is 0.367 e. The monoisotopic (exact) mass is 360 g/mol. The fourth-order valence-electron chi connectivity index (χ4n) is 3.13. The second-order valence-corrected chi connectivity index (χ2v) is 6.96. The predicted octanol–water partition coefficient (Wildman–Crippen LogP) is 5.70. The van der Waals surface area contributed by atoms with Gasteiger partial charge < -0.3 is 9.97 Å². The van der Waals surface area contributed by atoms with Crippen LogP contribution in [0.2, 0.25) is 0 Å². The summed E-state index contributed by atoms with van der Waals surface area (Å²) >= 11 is 0. The zero-order valence-electron chi connectivity index (χ0n) is 15.5. The second kappa shape index (κ2) is 6.83. The van der Waals surface area contributed by atoms with E-state index in [1.165, 1.54) is 6.07 Å². The summed E-state index contributed by atoms with van der Waals surface area (Å²) in [4.78, 5) is 15.9. The van der Waals surface area contributed by atoms with Crippen LogP contribution in [-0.2, 0) is 0 Å². The van der Waals surface area contributed by atoms with E-state index in [0.29, 0.717) is 5.56 Å². The molecule has 4 nitrogen and oxygen atoms in total. The Balaban J connectivity index is 1.90. The number of imidazole rings is 1. The van der Waals surface area contributed by atoms with Crippen molar-refractivity contribution in [3.05, 3.63) is 72.2 Å². The van der Waals surface area contributed by atoms with Crippen LogP contribution in [0.4, 0.5) is 4.39 Å². The lowest BCUT2D eigenvalue weighted by Gasteiger charge is -2.07. The molecule has 0 atom stereocenters. The van der Waals surface area contributed by atoms with Gasteiger partial charge in [0, 0.05) is 40.7 Å². The van der Waals surface area contributed by atoms with Gasteiger partial charge in [-0.25, -0.2) is 9.37 Å². The van der Waals surface area contributed by atoms with Crippen molar-refractivity contribution in [3.8, 4) is 33.8 Å². The Labute approximate surface area is 157 Å². The first-order chi connectivity index (χ1) is 13.0. The van der Waals surface area contributed by atoms with Gasteiger partial charge >= 0.3 is 0 Å². The molecular formula is C22H21FN4. The molecule has 0 amide bonds. The number of halogens is 1. The molecule has 5 heteroatoms. The molecule has 3 aromatic heterocycles. The summed E-state index contributed by atoms with van der Waals surface area (Å²) in [7, 11) is 0. The van der Waals surface area contributed by atoms with E-state index in [0.717, 1.165) is 39.7 Å². The maximum absolute atomic E-state index is 14.4. The smallest absolute Gasteiger partial charge is 0.131 e. The number of hydrogen-bond acceptors (Lipinski definition) is 2. The number of benzene rings is 1. The van der Waals surface area contributed by atoms with Gasteiger partial charge in [-0.3, -0.25) is 4.98 Å². The molecule has 0 fully saturated rings. The summed E-state index contributed by atoms with van der Waals surface area (Å²) in [5.74, 6) is 0.871. The number of nitrogens with zero attached hydrogens (tertiary/aromatic N) is 2. The highest BCUT2D eigenvalue weighted by molar-refractivity contribution is 5.80. The normalized spacial score (nSPS) is 11.3. The number of aromatic nitrogens is 4. The van der Waals surface area contributed by atoms with E-state index >= 15 is 0 Å². The number of aromatic amines is 2. The van der Waals surface area contributed by atoms with Gasteiger partial charge in [0.25, 0.3) is 0 Å². The summed E-state index contributed by atoms with van der Waals surface area (Å²) in [5, 5.41) is 0. The van der Waals surface area contributed by atoms with Crippen LogP contribution in [0.1, 0.15) is 31.3 Å². The first-order valence-corrected chi connectivity index (χ1v) is 9.00. The number of aryl methyl sites for hydroxylation is 1. The molecule has 4 aromatic rings. The van der Waals surface area contributed by atoms with E-state index in [2.05, 4.69) is 28.8 Å². The van der Waals surface area contributed by atoms with E-state index < -0.39 is 0 Å². The maximum atomic E-state index is 14.4. The third-order valence-corrected chi connectivity index (χ3v) is 4.56. The number of H-pyrrole nitrogens is 2. The van der Waals surface area contributed by atoms with Gasteiger partial charge in [-0.2, -0.15) is 0 Å². The molecular weight excluding hydrogens is 339 g/mol. The highest BCUT2D eigenvalue weighted by atomic mass is 19.1. The molecule has 0 saturated carbocycles. The Kier molecular flexibility index (Phi) is 4.36. The molecule has 0 saturated heterocycles. The van der Waals surface area contributed by atoms with Gasteiger partial charge in [0.2, 0.25) is 0 Å². The van der Waals surface area contributed by atoms with Crippen molar-refractivity contribution in [2.45, 2.75) is 26.7 Å². The minimum absolute atomic E-state index is 0.243. The molecule has 0 aliphatic carbocycles. The van der Waals surface area contributed by atoms with Crippen molar-refractivity contribution in [2.24, 2.45) is 0 Å². The summed E-state index contributed by atoms with van der Waals surface area (Å²) in [6.07, 6.45) is 3.57. The Morgan fingerprint density at radius 3 is 2.56 bits per heavy atom. The molecule has 0 unspecified atom stereocenters. The van der Waals surface area contributed by atoms with Crippen LogP contribution in [0, 0.1) is 12.7 Å². The van der Waals surface area contributed by atoms with Crippen LogP contribution in [-0.4, -0.2) is 19.9 Å². The fraction of sp³-hybridized carbons (Fsp3) is 0.182. The van der Waals surface area contributed by atoms with Crippen LogP contribution in [0.15, 0.2) is 54.9 Å². The van der Waals surface area contributed by atoms with Crippen molar-refractivity contribution < 1.29 is 4.39 Å². The van der Waals surface area contributed by atoms with Gasteiger partial charge in [0.05, 0.1) is 17.1 Å². The summed E-state index contributed by atoms with van der Waals surface area (Å²) < 4.78 is 14.4. The SMILES string of the molecule is Cc1cccc(-c2[nH]c(C(C)C)nc2-c2ccc(F)c(-c3cc[nH]c3)c2)n1. The van der Waals surface area contributed by atoms with Gasteiger partial charge in [-0.1, -0.05) is 19.9 Å². The van der Waals surface area contributed by atoms with Gasteiger partial charge in [-0.05, 0) is 43.3 Å². The Hall–Kier alpha value is -3.21. The highest BCUT2D eigenvalue weighted by Crippen LogP contribution is 2.34. The Bertz CT molecular complexity index is 1080. The van der Waals surface area contributed by atoms with E-state index in [1.807, 2.05) is 37.3 Å². The van der Waals surface area contributed by atoms with Gasteiger partial charge in [-0.15, -0.1) is 0 Å². The maximum Gasteiger partial charge on any atom is 0.131 e. The number of nitrogens with one attached hydrogen (secondary N) is 2. The molecule has 0 radical (unpaired) electrons. The van der Waals surface area contributed by atoms with Crippen LogP contribution in [0.5, 0.6) is 0 Å². The standard InChI is InChI=1S/C22H21FN4/c1-13(2)22-26-20(21(27-22)19-6-4-5-14(3)25-19)15-7-8-18(23)17(11-15)16-9-10-24-12-16/h4-13,24H,1-3H3,(H,26,27). The van der Waals surface area contributed by atoms with Crippen LogP contribution >= 0.6 is 0 Å². The highest BCUT2D eigenvalue weighted by Gasteiger charge is 2.18. The van der Waals surface area contributed by atoms with Crippen LogP contribution in [0.25, 0.3) is 33.8 Å². The van der Waals surface area contributed by atoms with Crippen LogP contribution < -0.4 is 0 Å². The molecule has 27 heavy (non-hydrogen) atoms.